The first kappa shape index (κ1) is 30.9. The molecule has 0 aliphatic carbocycles. The van der Waals surface area contributed by atoms with Crippen LogP contribution in [-0.4, -0.2) is 27.1 Å². The number of benzene rings is 3. The minimum Gasteiger partial charge on any atom is -0.364 e. The molecule has 4 aromatic rings. The maximum absolute atomic E-state index is 14.7. The van der Waals surface area contributed by atoms with Crippen LogP contribution in [0.3, 0.4) is 0 Å². The first-order chi connectivity index (χ1) is 21.5. The Bertz CT molecular complexity index is 1810. The molecule has 3 heterocycles. The number of nitrogens with zero attached hydrogens (tertiary/aromatic N) is 3. The first-order valence-corrected chi connectivity index (χ1v) is 14.6. The van der Waals surface area contributed by atoms with E-state index in [0.717, 1.165) is 28.8 Å². The van der Waals surface area contributed by atoms with Crippen molar-refractivity contribution in [3.05, 3.63) is 139 Å². The van der Waals surface area contributed by atoms with Crippen LogP contribution in [0.2, 0.25) is 0 Å². The van der Waals surface area contributed by atoms with Crippen molar-refractivity contribution in [2.24, 2.45) is 5.73 Å². The van der Waals surface area contributed by atoms with Crippen molar-refractivity contribution < 1.29 is 26.7 Å². The van der Waals surface area contributed by atoms with Crippen LogP contribution in [0.5, 0.6) is 0 Å². The molecule has 0 amide bonds. The molecule has 7 nitrogen and oxygen atoms in total. The number of ether oxygens (including phenoxy) is 1. The van der Waals surface area contributed by atoms with Gasteiger partial charge in [0.25, 0.3) is 5.56 Å². The summed E-state index contributed by atoms with van der Waals surface area (Å²) < 4.78 is 77.7. The number of hydrogen-bond acceptors (Lipinski definition) is 5. The third kappa shape index (κ3) is 5.97. The van der Waals surface area contributed by atoms with Gasteiger partial charge in [0.2, 0.25) is 0 Å². The number of nitrogens with two attached hydrogens (primary N) is 1. The lowest BCUT2D eigenvalue weighted by atomic mass is 9.85. The van der Waals surface area contributed by atoms with Crippen LogP contribution in [0.15, 0.2) is 82.4 Å². The molecule has 2 N–H and O–H groups in total. The van der Waals surface area contributed by atoms with E-state index in [1.54, 1.807) is 30.3 Å². The summed E-state index contributed by atoms with van der Waals surface area (Å²) in [5, 5.41) is 0. The zero-order chi connectivity index (χ0) is 31.9. The van der Waals surface area contributed by atoms with Crippen molar-refractivity contribution in [2.75, 3.05) is 13.1 Å². The van der Waals surface area contributed by atoms with E-state index in [9.17, 15) is 31.5 Å². The number of alkyl halides is 3. The fourth-order valence-electron chi connectivity index (χ4n) is 6.37. The number of aromatic nitrogens is 2. The molecule has 236 valence electrons. The number of piperidine rings is 1. The van der Waals surface area contributed by atoms with Gasteiger partial charge in [0.05, 0.1) is 36.5 Å². The van der Waals surface area contributed by atoms with E-state index in [2.05, 4.69) is 0 Å². The fourth-order valence-corrected chi connectivity index (χ4v) is 6.37. The predicted molar refractivity (Wildman–Crippen MR) is 156 cm³/mol. The summed E-state index contributed by atoms with van der Waals surface area (Å²) >= 11 is 0. The standard InChI is InChI=1S/C33H31F5N4O3/c34-25-10-5-11-26(35)24(25)18-41-28-20-45-32(12-14-40(15-13-32)17-21-6-4-9-23(16-21)33(36,37)38)29(28)30(43)42(31(41)44)19-27(39)22-7-2-1-3-8-22/h1-11,16,27H,12-15,17-20,39H2/t27-/m0/s1. The number of halogens is 5. The van der Waals surface area contributed by atoms with Gasteiger partial charge >= 0.3 is 11.9 Å². The molecule has 3 aromatic carbocycles. The average Bonchev–Trinajstić information content (AvgIpc) is 3.38. The second kappa shape index (κ2) is 12.0. The van der Waals surface area contributed by atoms with Gasteiger partial charge in [0.15, 0.2) is 0 Å². The van der Waals surface area contributed by atoms with Crippen molar-refractivity contribution >= 4 is 0 Å². The number of fused-ring (bicyclic) bond motifs is 2. The Morgan fingerprint density at radius 1 is 0.867 bits per heavy atom. The number of likely N-dealkylation sites (tertiary alicyclic amines) is 1. The molecule has 2 aliphatic heterocycles. The molecule has 1 fully saturated rings. The number of rotatable bonds is 7. The highest BCUT2D eigenvalue weighted by atomic mass is 19.4. The molecule has 0 saturated carbocycles. The van der Waals surface area contributed by atoms with Crippen LogP contribution in [0.4, 0.5) is 22.0 Å². The predicted octanol–water partition coefficient (Wildman–Crippen LogP) is 5.08. The number of hydrogen-bond donors (Lipinski definition) is 1. The van der Waals surface area contributed by atoms with Crippen LogP contribution >= 0.6 is 0 Å². The van der Waals surface area contributed by atoms with Crippen LogP contribution in [-0.2, 0) is 42.8 Å². The van der Waals surface area contributed by atoms with E-state index in [4.69, 9.17) is 10.5 Å². The third-order valence-corrected chi connectivity index (χ3v) is 8.79. The van der Waals surface area contributed by atoms with Gasteiger partial charge in [-0.1, -0.05) is 54.6 Å². The lowest BCUT2D eigenvalue weighted by molar-refractivity contribution is -0.137. The highest BCUT2D eigenvalue weighted by Gasteiger charge is 2.47. The van der Waals surface area contributed by atoms with Gasteiger partial charge < -0.3 is 10.5 Å². The molecular formula is C33H31F5N4O3. The summed E-state index contributed by atoms with van der Waals surface area (Å²) in [7, 11) is 0. The zero-order valence-electron chi connectivity index (χ0n) is 24.2. The quantitative estimate of drug-likeness (QED) is 0.290. The molecule has 1 aromatic heterocycles. The van der Waals surface area contributed by atoms with Gasteiger partial charge in [-0.15, -0.1) is 0 Å². The van der Waals surface area contributed by atoms with Crippen molar-refractivity contribution in [1.82, 2.24) is 14.0 Å². The van der Waals surface area contributed by atoms with Gasteiger partial charge in [0.1, 0.15) is 17.2 Å². The molecule has 0 radical (unpaired) electrons. The zero-order valence-corrected chi connectivity index (χ0v) is 24.2. The van der Waals surface area contributed by atoms with E-state index < -0.39 is 52.8 Å². The van der Waals surface area contributed by atoms with Gasteiger partial charge in [-0.05, 0) is 42.2 Å². The Morgan fingerprint density at radius 3 is 2.20 bits per heavy atom. The molecule has 1 spiro atoms. The fraction of sp³-hybridized carbons (Fsp3) is 0.333. The molecule has 1 atom stereocenters. The summed E-state index contributed by atoms with van der Waals surface area (Å²) in [5.41, 5.74) is 4.67. The summed E-state index contributed by atoms with van der Waals surface area (Å²) in [6.45, 7) is 0.331. The maximum Gasteiger partial charge on any atom is 0.416 e. The Balaban J connectivity index is 1.35. The monoisotopic (exact) mass is 626 g/mol. The Hall–Kier alpha value is -4.13. The van der Waals surface area contributed by atoms with Crippen LogP contribution in [0, 0.1) is 11.6 Å². The van der Waals surface area contributed by atoms with Gasteiger partial charge in [-0.3, -0.25) is 18.8 Å². The van der Waals surface area contributed by atoms with Gasteiger partial charge in [-0.25, -0.2) is 13.6 Å². The van der Waals surface area contributed by atoms with Crippen LogP contribution in [0.25, 0.3) is 0 Å². The van der Waals surface area contributed by atoms with Crippen molar-refractivity contribution in [2.45, 2.75) is 56.9 Å². The molecule has 1 saturated heterocycles. The maximum atomic E-state index is 14.7. The summed E-state index contributed by atoms with van der Waals surface area (Å²) in [4.78, 5) is 29.9. The Kier molecular flexibility index (Phi) is 8.23. The van der Waals surface area contributed by atoms with E-state index in [1.165, 1.54) is 16.7 Å². The lowest BCUT2D eigenvalue weighted by Crippen LogP contribution is -2.49. The molecule has 0 bridgehead atoms. The average molecular weight is 627 g/mol. The topological polar surface area (TPSA) is 82.5 Å². The molecule has 6 rings (SSSR count). The van der Waals surface area contributed by atoms with E-state index in [1.807, 2.05) is 11.0 Å². The van der Waals surface area contributed by atoms with Crippen LogP contribution < -0.4 is 17.0 Å². The first-order valence-electron chi connectivity index (χ1n) is 14.6. The van der Waals surface area contributed by atoms with Crippen LogP contribution in [0.1, 0.15) is 52.4 Å². The second-order valence-electron chi connectivity index (χ2n) is 11.6. The highest BCUT2D eigenvalue weighted by molar-refractivity contribution is 5.32. The minimum atomic E-state index is -4.45. The van der Waals surface area contributed by atoms with Crippen molar-refractivity contribution in [1.29, 1.82) is 0 Å². The van der Waals surface area contributed by atoms with E-state index >= 15 is 0 Å². The van der Waals surface area contributed by atoms with Gasteiger partial charge in [-0.2, -0.15) is 13.2 Å². The molecule has 12 heteroatoms. The SMILES string of the molecule is N[C@@H](Cn1c(=O)c2c(n(Cc3c(F)cccc3F)c1=O)COC21CCN(Cc2cccc(C(F)(F)F)c2)CC1)c1ccccc1. The summed E-state index contributed by atoms with van der Waals surface area (Å²) in [6, 6.07) is 16.8. The second-order valence-corrected chi connectivity index (χ2v) is 11.6. The van der Waals surface area contributed by atoms with Crippen molar-refractivity contribution in [3.8, 4) is 0 Å². The summed E-state index contributed by atoms with van der Waals surface area (Å²) in [5.74, 6) is -1.66. The third-order valence-electron chi connectivity index (χ3n) is 8.79. The molecule has 2 aliphatic rings. The molecular weight excluding hydrogens is 595 g/mol. The minimum absolute atomic E-state index is 0.116. The lowest BCUT2D eigenvalue weighted by Gasteiger charge is -2.39. The summed E-state index contributed by atoms with van der Waals surface area (Å²) in [6.07, 6.45) is -3.80. The molecule has 0 unspecified atom stereocenters. The van der Waals surface area contributed by atoms with Crippen molar-refractivity contribution in [3.63, 3.8) is 0 Å². The van der Waals surface area contributed by atoms with E-state index in [0.29, 0.717) is 37.1 Å². The van der Waals surface area contributed by atoms with E-state index in [-0.39, 0.29) is 36.5 Å². The largest absolute Gasteiger partial charge is 0.416 e. The van der Waals surface area contributed by atoms with Gasteiger partial charge in [0, 0.05) is 31.2 Å². The Morgan fingerprint density at radius 2 is 1.53 bits per heavy atom. The molecule has 45 heavy (non-hydrogen) atoms. The highest BCUT2D eigenvalue weighted by Crippen LogP contribution is 2.42. The normalized spacial score (nSPS) is 17.0. The smallest absolute Gasteiger partial charge is 0.364 e. The Labute approximate surface area is 255 Å².